The van der Waals surface area contributed by atoms with Crippen LogP contribution in [0.3, 0.4) is 0 Å². The number of pyridine rings is 1. The Bertz CT molecular complexity index is 738. The van der Waals surface area contributed by atoms with Crippen LogP contribution in [0.4, 0.5) is 5.13 Å². The van der Waals surface area contributed by atoms with Crippen molar-refractivity contribution < 1.29 is 0 Å². The summed E-state index contributed by atoms with van der Waals surface area (Å²) in [5.41, 5.74) is 5.74. The van der Waals surface area contributed by atoms with Gasteiger partial charge in [-0.1, -0.05) is 34.1 Å². The zero-order valence-electron chi connectivity index (χ0n) is 10.9. The van der Waals surface area contributed by atoms with Crippen LogP contribution in [0.1, 0.15) is 5.69 Å². The molecule has 0 aliphatic heterocycles. The van der Waals surface area contributed by atoms with Gasteiger partial charge in [-0.15, -0.1) is 11.3 Å². The van der Waals surface area contributed by atoms with Gasteiger partial charge in [-0.2, -0.15) is 5.10 Å². The number of rotatable bonds is 4. The second-order valence-electron chi connectivity index (χ2n) is 4.17. The molecule has 0 saturated carbocycles. The number of aromatic nitrogens is 2. The maximum absolute atomic E-state index is 4.50. The Balaban J connectivity index is 1.68. The summed E-state index contributed by atoms with van der Waals surface area (Å²) in [7, 11) is 0. The molecule has 0 spiro atoms. The standard InChI is InChI=1S/C15H11BrN4S/c16-12-6-4-11(5-7-12)14-10-21-15(19-14)20-18-9-13-3-1-2-8-17-13/h1-10H,(H,19,20)/b18-9-. The Kier molecular flexibility index (Phi) is 4.37. The Morgan fingerprint density at radius 1 is 1.14 bits per heavy atom. The van der Waals surface area contributed by atoms with Crippen molar-refractivity contribution in [3.63, 3.8) is 0 Å². The quantitative estimate of drug-likeness (QED) is 0.554. The summed E-state index contributed by atoms with van der Waals surface area (Å²) in [6.07, 6.45) is 3.40. The molecule has 4 nitrogen and oxygen atoms in total. The summed E-state index contributed by atoms with van der Waals surface area (Å²) in [6, 6.07) is 13.7. The van der Waals surface area contributed by atoms with Crippen LogP contribution in [0, 0.1) is 0 Å². The maximum atomic E-state index is 4.50. The van der Waals surface area contributed by atoms with Crippen molar-refractivity contribution in [2.45, 2.75) is 0 Å². The summed E-state index contributed by atoms with van der Waals surface area (Å²) in [5.74, 6) is 0. The zero-order chi connectivity index (χ0) is 14.5. The maximum Gasteiger partial charge on any atom is 0.203 e. The molecule has 0 radical (unpaired) electrons. The van der Waals surface area contributed by atoms with Gasteiger partial charge >= 0.3 is 0 Å². The van der Waals surface area contributed by atoms with Gasteiger partial charge in [-0.3, -0.25) is 10.4 Å². The van der Waals surface area contributed by atoms with Crippen molar-refractivity contribution in [2.75, 3.05) is 5.43 Å². The van der Waals surface area contributed by atoms with Crippen LogP contribution in [0.5, 0.6) is 0 Å². The number of hydrogen-bond acceptors (Lipinski definition) is 5. The molecule has 0 fully saturated rings. The first-order valence-corrected chi connectivity index (χ1v) is 7.90. The minimum absolute atomic E-state index is 0.750. The fraction of sp³-hybridized carbons (Fsp3) is 0. The van der Waals surface area contributed by atoms with Crippen molar-refractivity contribution in [3.05, 3.63) is 64.2 Å². The number of hydrogen-bond donors (Lipinski definition) is 1. The fourth-order valence-electron chi connectivity index (χ4n) is 1.68. The van der Waals surface area contributed by atoms with E-state index >= 15 is 0 Å². The molecule has 0 aliphatic rings. The summed E-state index contributed by atoms with van der Waals surface area (Å²) < 4.78 is 1.06. The first-order valence-electron chi connectivity index (χ1n) is 6.23. The van der Waals surface area contributed by atoms with Gasteiger partial charge in [-0.05, 0) is 24.3 Å². The lowest BCUT2D eigenvalue weighted by molar-refractivity contribution is 1.26. The predicted octanol–water partition coefficient (Wildman–Crippen LogP) is 4.41. The van der Waals surface area contributed by atoms with Gasteiger partial charge in [0.25, 0.3) is 0 Å². The van der Waals surface area contributed by atoms with Crippen LogP contribution < -0.4 is 5.43 Å². The van der Waals surface area contributed by atoms with Crippen molar-refractivity contribution in [2.24, 2.45) is 5.10 Å². The Hall–Kier alpha value is -2.05. The normalized spacial score (nSPS) is 10.9. The van der Waals surface area contributed by atoms with Crippen LogP contribution in [-0.4, -0.2) is 16.2 Å². The topological polar surface area (TPSA) is 50.2 Å². The number of anilines is 1. The number of nitrogens with one attached hydrogen (secondary N) is 1. The van der Waals surface area contributed by atoms with Crippen LogP contribution in [0.25, 0.3) is 11.3 Å². The van der Waals surface area contributed by atoms with Crippen molar-refractivity contribution >= 4 is 38.6 Å². The van der Waals surface area contributed by atoms with Gasteiger partial charge in [0.15, 0.2) is 0 Å². The van der Waals surface area contributed by atoms with E-state index in [0.717, 1.165) is 26.6 Å². The Labute approximate surface area is 134 Å². The van der Waals surface area contributed by atoms with Crippen LogP contribution in [0.15, 0.2) is 63.6 Å². The SMILES string of the molecule is Brc1ccc(-c2csc(N/N=C\c3ccccn3)n2)cc1. The molecule has 2 aromatic heterocycles. The number of thiazole rings is 1. The van der Waals surface area contributed by atoms with E-state index in [0.29, 0.717) is 0 Å². The van der Waals surface area contributed by atoms with Crippen molar-refractivity contribution in [1.29, 1.82) is 0 Å². The van der Waals surface area contributed by atoms with E-state index in [1.165, 1.54) is 11.3 Å². The van der Waals surface area contributed by atoms with Gasteiger partial charge in [-0.25, -0.2) is 4.98 Å². The van der Waals surface area contributed by atoms with E-state index in [9.17, 15) is 0 Å². The Morgan fingerprint density at radius 2 is 2.00 bits per heavy atom. The molecule has 0 unspecified atom stereocenters. The van der Waals surface area contributed by atoms with Crippen molar-refractivity contribution in [3.8, 4) is 11.3 Å². The average Bonchev–Trinajstić information content (AvgIpc) is 2.98. The summed E-state index contributed by atoms with van der Waals surface area (Å²) >= 11 is 4.94. The lowest BCUT2D eigenvalue weighted by Crippen LogP contribution is -1.91. The molecule has 104 valence electrons. The number of hydrazone groups is 1. The average molecular weight is 359 g/mol. The van der Waals surface area contributed by atoms with Gasteiger partial charge in [0, 0.05) is 21.6 Å². The van der Waals surface area contributed by atoms with E-state index in [1.807, 2.05) is 47.8 Å². The summed E-state index contributed by atoms with van der Waals surface area (Å²) in [6.45, 7) is 0. The largest absolute Gasteiger partial charge is 0.255 e. The molecule has 6 heteroatoms. The molecule has 2 heterocycles. The highest BCUT2D eigenvalue weighted by molar-refractivity contribution is 9.10. The molecule has 21 heavy (non-hydrogen) atoms. The second kappa shape index (κ2) is 6.60. The third-order valence-electron chi connectivity index (χ3n) is 2.69. The van der Waals surface area contributed by atoms with E-state index in [-0.39, 0.29) is 0 Å². The highest BCUT2D eigenvalue weighted by Gasteiger charge is 2.03. The number of nitrogens with zero attached hydrogens (tertiary/aromatic N) is 3. The molecule has 1 N–H and O–H groups in total. The first-order chi connectivity index (χ1) is 10.3. The molecular formula is C15H11BrN4S. The predicted molar refractivity (Wildman–Crippen MR) is 90.7 cm³/mol. The minimum atomic E-state index is 0.750. The number of benzene rings is 1. The van der Waals surface area contributed by atoms with Gasteiger partial charge in [0.2, 0.25) is 5.13 Å². The molecule has 3 rings (SSSR count). The van der Waals surface area contributed by atoms with Crippen molar-refractivity contribution in [1.82, 2.24) is 9.97 Å². The van der Waals surface area contributed by atoms with Crippen LogP contribution in [-0.2, 0) is 0 Å². The molecule has 1 aromatic carbocycles. The summed E-state index contributed by atoms with van der Waals surface area (Å²) in [4.78, 5) is 8.66. The Morgan fingerprint density at radius 3 is 2.76 bits per heavy atom. The smallest absolute Gasteiger partial charge is 0.203 e. The fourth-order valence-corrected chi connectivity index (χ4v) is 2.62. The van der Waals surface area contributed by atoms with Crippen LogP contribution in [0.2, 0.25) is 0 Å². The highest BCUT2D eigenvalue weighted by atomic mass is 79.9. The van der Waals surface area contributed by atoms with Gasteiger partial charge < -0.3 is 0 Å². The van der Waals surface area contributed by atoms with E-state index < -0.39 is 0 Å². The monoisotopic (exact) mass is 358 g/mol. The third kappa shape index (κ3) is 3.74. The molecule has 0 amide bonds. The number of halogens is 1. The molecule has 0 bridgehead atoms. The lowest BCUT2D eigenvalue weighted by Gasteiger charge is -1.96. The molecule has 0 saturated heterocycles. The molecule has 0 atom stereocenters. The van der Waals surface area contributed by atoms with Gasteiger partial charge in [0.05, 0.1) is 17.6 Å². The summed E-state index contributed by atoms with van der Waals surface area (Å²) in [5, 5.41) is 6.89. The lowest BCUT2D eigenvalue weighted by atomic mass is 10.2. The van der Waals surface area contributed by atoms with Gasteiger partial charge in [0.1, 0.15) is 0 Å². The van der Waals surface area contributed by atoms with E-state index in [1.54, 1.807) is 12.4 Å². The second-order valence-corrected chi connectivity index (χ2v) is 5.94. The molecule has 3 aromatic rings. The first kappa shape index (κ1) is 13.9. The highest BCUT2D eigenvalue weighted by Crippen LogP contribution is 2.25. The minimum Gasteiger partial charge on any atom is -0.255 e. The van der Waals surface area contributed by atoms with E-state index in [4.69, 9.17) is 0 Å². The third-order valence-corrected chi connectivity index (χ3v) is 3.96. The van der Waals surface area contributed by atoms with E-state index in [2.05, 4.69) is 36.4 Å². The van der Waals surface area contributed by atoms with Crippen LogP contribution >= 0.6 is 27.3 Å². The molecular weight excluding hydrogens is 348 g/mol. The molecule has 0 aliphatic carbocycles. The zero-order valence-corrected chi connectivity index (χ0v) is 13.3.